The van der Waals surface area contributed by atoms with Gasteiger partial charge in [0.05, 0.1) is 12.1 Å². The van der Waals surface area contributed by atoms with Crippen LogP contribution >= 0.6 is 0 Å². The predicted molar refractivity (Wildman–Crippen MR) is 140 cm³/mol. The topological polar surface area (TPSA) is 83.5 Å². The number of nitrogens with one attached hydrogen (secondary N) is 1. The number of methoxy groups -OCH3 is 1. The van der Waals surface area contributed by atoms with Crippen LogP contribution in [0, 0.1) is 5.92 Å². The Hall–Kier alpha value is -2.97. The molecule has 2 atom stereocenters. The van der Waals surface area contributed by atoms with Gasteiger partial charge in [0.15, 0.2) is 5.65 Å². The molecule has 0 bridgehead atoms. The molecule has 1 N–H and O–H groups in total. The number of aromatic amines is 1. The molecule has 0 saturated carbocycles. The lowest BCUT2D eigenvalue weighted by Crippen LogP contribution is -2.42. The molecule has 5 rings (SSSR count). The van der Waals surface area contributed by atoms with Crippen molar-refractivity contribution in [3.63, 3.8) is 0 Å². The number of benzene rings is 1. The molecule has 1 amide bonds. The van der Waals surface area contributed by atoms with Gasteiger partial charge in [-0.05, 0) is 55.2 Å². The third-order valence-electron chi connectivity index (χ3n) is 7.94. The van der Waals surface area contributed by atoms with E-state index in [1.165, 1.54) is 5.56 Å². The molecular weight excluding hydrogens is 454 g/mol. The van der Waals surface area contributed by atoms with Crippen LogP contribution in [-0.2, 0) is 9.53 Å². The minimum atomic E-state index is -0.115. The van der Waals surface area contributed by atoms with Crippen molar-refractivity contribution in [3.05, 3.63) is 64.7 Å². The SMILES string of the molecule is COCCN1CC(CC(=O)N2CCC(n3c(=O)[nH]c4ncccc43)CC2)CCC(c2ccccc2)C1. The third-order valence-corrected chi connectivity index (χ3v) is 7.94. The van der Waals surface area contributed by atoms with Crippen LogP contribution in [0.4, 0.5) is 0 Å². The minimum absolute atomic E-state index is 0.0912. The summed E-state index contributed by atoms with van der Waals surface area (Å²) in [4.78, 5) is 37.5. The van der Waals surface area contributed by atoms with E-state index >= 15 is 0 Å². The highest BCUT2D eigenvalue weighted by Crippen LogP contribution is 2.31. The van der Waals surface area contributed by atoms with E-state index in [-0.39, 0.29) is 17.6 Å². The van der Waals surface area contributed by atoms with E-state index in [9.17, 15) is 9.59 Å². The number of aromatic nitrogens is 3. The minimum Gasteiger partial charge on any atom is -0.383 e. The van der Waals surface area contributed by atoms with Gasteiger partial charge in [-0.25, -0.2) is 9.78 Å². The van der Waals surface area contributed by atoms with Gasteiger partial charge in [0.1, 0.15) is 0 Å². The summed E-state index contributed by atoms with van der Waals surface area (Å²) in [7, 11) is 1.75. The van der Waals surface area contributed by atoms with Gasteiger partial charge in [0.2, 0.25) is 5.91 Å². The van der Waals surface area contributed by atoms with Gasteiger partial charge in [-0.3, -0.25) is 14.3 Å². The predicted octanol–water partition coefficient (Wildman–Crippen LogP) is 3.42. The Morgan fingerprint density at radius 2 is 1.86 bits per heavy atom. The maximum Gasteiger partial charge on any atom is 0.327 e. The zero-order valence-corrected chi connectivity index (χ0v) is 21.1. The highest BCUT2D eigenvalue weighted by atomic mass is 16.5. The van der Waals surface area contributed by atoms with Gasteiger partial charge in [-0.1, -0.05) is 30.3 Å². The fourth-order valence-electron chi connectivity index (χ4n) is 6.01. The molecule has 0 aliphatic carbocycles. The van der Waals surface area contributed by atoms with Crippen LogP contribution in [0.5, 0.6) is 0 Å². The average molecular weight is 492 g/mol. The monoisotopic (exact) mass is 491 g/mol. The summed E-state index contributed by atoms with van der Waals surface area (Å²) in [5.41, 5.74) is 2.74. The van der Waals surface area contributed by atoms with Crippen LogP contribution < -0.4 is 5.69 Å². The summed E-state index contributed by atoms with van der Waals surface area (Å²) in [6.07, 6.45) is 6.01. The van der Waals surface area contributed by atoms with E-state index < -0.39 is 0 Å². The number of H-pyrrole nitrogens is 1. The van der Waals surface area contributed by atoms with Crippen molar-refractivity contribution in [2.45, 2.75) is 44.1 Å². The smallest absolute Gasteiger partial charge is 0.327 e. The van der Waals surface area contributed by atoms with Crippen LogP contribution in [0.2, 0.25) is 0 Å². The molecule has 0 spiro atoms. The molecular formula is C28H37N5O3. The highest BCUT2D eigenvalue weighted by Gasteiger charge is 2.30. The summed E-state index contributed by atoms with van der Waals surface area (Å²) < 4.78 is 7.19. The summed E-state index contributed by atoms with van der Waals surface area (Å²) in [5, 5.41) is 0. The summed E-state index contributed by atoms with van der Waals surface area (Å²) in [6.45, 7) is 4.93. The molecule has 2 fully saturated rings. The quantitative estimate of drug-likeness (QED) is 0.548. The molecule has 3 aromatic rings. The maximum absolute atomic E-state index is 13.3. The highest BCUT2D eigenvalue weighted by molar-refractivity contribution is 5.76. The van der Waals surface area contributed by atoms with Crippen molar-refractivity contribution in [2.24, 2.45) is 5.92 Å². The normalized spacial score (nSPS) is 22.1. The first-order valence-corrected chi connectivity index (χ1v) is 13.2. The number of pyridine rings is 1. The van der Waals surface area contributed by atoms with Gasteiger partial charge in [-0.15, -0.1) is 0 Å². The number of carbonyl (C=O) groups excluding carboxylic acids is 1. The Morgan fingerprint density at radius 3 is 2.64 bits per heavy atom. The van der Waals surface area contributed by atoms with Gasteiger partial charge < -0.3 is 14.5 Å². The van der Waals surface area contributed by atoms with Crippen molar-refractivity contribution in [3.8, 4) is 0 Å². The standard InChI is InChI=1S/C28H37N5O3/c1-36-17-16-31-19-21(9-10-23(20-31)22-6-3-2-4-7-22)18-26(34)32-14-11-24(12-15-32)33-25-8-5-13-29-27(25)30-28(33)35/h2-8,13,21,23-24H,9-12,14-20H2,1H3,(H,29,30,35). The molecule has 8 nitrogen and oxygen atoms in total. The van der Waals surface area contributed by atoms with Crippen LogP contribution in [0.15, 0.2) is 53.5 Å². The number of hydrogen-bond donors (Lipinski definition) is 1. The van der Waals surface area contributed by atoms with Gasteiger partial charge in [-0.2, -0.15) is 0 Å². The number of rotatable bonds is 7. The average Bonchev–Trinajstić information content (AvgIpc) is 3.11. The second-order valence-electron chi connectivity index (χ2n) is 10.3. The van der Waals surface area contributed by atoms with Gasteiger partial charge in [0.25, 0.3) is 0 Å². The molecule has 2 unspecified atom stereocenters. The molecule has 2 aliphatic heterocycles. The Kier molecular flexibility index (Phi) is 7.82. The number of nitrogens with zero attached hydrogens (tertiary/aromatic N) is 4. The summed E-state index contributed by atoms with van der Waals surface area (Å²) in [6, 6.07) is 14.6. The van der Waals surface area contributed by atoms with Gasteiger partial charge >= 0.3 is 5.69 Å². The number of fused-ring (bicyclic) bond motifs is 1. The Bertz CT molecular complexity index is 1200. The largest absolute Gasteiger partial charge is 0.383 e. The molecule has 1 aromatic carbocycles. The lowest BCUT2D eigenvalue weighted by molar-refractivity contribution is -0.133. The number of carbonyl (C=O) groups is 1. The number of amides is 1. The molecule has 36 heavy (non-hydrogen) atoms. The van der Waals surface area contributed by atoms with E-state index in [1.54, 1.807) is 13.3 Å². The van der Waals surface area contributed by atoms with Crippen LogP contribution in [0.25, 0.3) is 11.2 Å². The van der Waals surface area contributed by atoms with E-state index in [0.29, 0.717) is 43.6 Å². The second kappa shape index (κ2) is 11.4. The fraction of sp³-hybridized carbons (Fsp3) is 0.536. The molecule has 2 aliphatic rings. The Morgan fingerprint density at radius 1 is 1.06 bits per heavy atom. The van der Waals surface area contributed by atoms with Crippen LogP contribution in [0.3, 0.4) is 0 Å². The van der Waals surface area contributed by atoms with Crippen molar-refractivity contribution < 1.29 is 9.53 Å². The van der Waals surface area contributed by atoms with Crippen molar-refractivity contribution in [2.75, 3.05) is 46.4 Å². The number of ether oxygens (including phenoxy) is 1. The molecule has 2 aromatic heterocycles. The van der Waals surface area contributed by atoms with Gasteiger partial charge in [0, 0.05) is 58.5 Å². The fourth-order valence-corrected chi connectivity index (χ4v) is 6.01. The molecule has 8 heteroatoms. The van der Waals surface area contributed by atoms with E-state index in [4.69, 9.17) is 4.74 Å². The van der Waals surface area contributed by atoms with Crippen molar-refractivity contribution >= 4 is 17.1 Å². The maximum atomic E-state index is 13.3. The van der Waals surface area contributed by atoms with Crippen molar-refractivity contribution in [1.29, 1.82) is 0 Å². The summed E-state index contributed by atoms with van der Waals surface area (Å²) in [5.74, 6) is 1.09. The second-order valence-corrected chi connectivity index (χ2v) is 10.3. The van der Waals surface area contributed by atoms with E-state index in [0.717, 1.165) is 50.8 Å². The van der Waals surface area contributed by atoms with Crippen LogP contribution in [-0.4, -0.2) is 76.7 Å². The molecule has 192 valence electrons. The van der Waals surface area contributed by atoms with E-state index in [2.05, 4.69) is 45.2 Å². The summed E-state index contributed by atoms with van der Waals surface area (Å²) >= 11 is 0. The number of hydrogen-bond acceptors (Lipinski definition) is 5. The number of imidazole rings is 1. The molecule has 4 heterocycles. The Labute approximate surface area is 212 Å². The lowest BCUT2D eigenvalue weighted by atomic mass is 9.91. The third kappa shape index (κ3) is 5.55. The number of piperidine rings is 1. The lowest BCUT2D eigenvalue weighted by Gasteiger charge is -2.33. The number of likely N-dealkylation sites (tertiary alicyclic amines) is 2. The Balaban J connectivity index is 1.20. The zero-order chi connectivity index (χ0) is 24.9. The first kappa shape index (κ1) is 24.7. The first-order chi connectivity index (χ1) is 17.6. The van der Waals surface area contributed by atoms with Crippen molar-refractivity contribution in [1.82, 2.24) is 24.3 Å². The zero-order valence-electron chi connectivity index (χ0n) is 21.1. The first-order valence-electron chi connectivity index (χ1n) is 13.2. The van der Waals surface area contributed by atoms with E-state index in [1.807, 2.05) is 21.6 Å². The molecule has 2 saturated heterocycles. The van der Waals surface area contributed by atoms with Crippen LogP contribution in [0.1, 0.15) is 49.6 Å². The molecule has 0 radical (unpaired) electrons.